The molecular formula is C21H30O4. The molecule has 4 heteroatoms. The van der Waals surface area contributed by atoms with Crippen molar-refractivity contribution in [2.75, 3.05) is 6.61 Å². The first-order valence-corrected chi connectivity index (χ1v) is 9.60. The van der Waals surface area contributed by atoms with Gasteiger partial charge in [-0.25, -0.2) is 0 Å². The lowest BCUT2D eigenvalue weighted by Crippen LogP contribution is -2.59. The third kappa shape index (κ3) is 2.60. The van der Waals surface area contributed by atoms with Crippen molar-refractivity contribution in [1.82, 2.24) is 0 Å². The molecule has 0 radical (unpaired) electrons. The maximum atomic E-state index is 13.1. The topological polar surface area (TPSA) is 60.4 Å². The highest BCUT2D eigenvalue weighted by molar-refractivity contribution is 6.05. The van der Waals surface area contributed by atoms with Crippen LogP contribution in [0.2, 0.25) is 0 Å². The molecule has 4 atom stereocenters. The molecule has 1 unspecified atom stereocenters. The first kappa shape index (κ1) is 18.3. The van der Waals surface area contributed by atoms with E-state index in [0.29, 0.717) is 25.9 Å². The summed E-state index contributed by atoms with van der Waals surface area (Å²) in [6, 6.07) is 0. The zero-order valence-corrected chi connectivity index (χ0v) is 15.9. The van der Waals surface area contributed by atoms with Gasteiger partial charge in [0.05, 0.1) is 12.0 Å². The van der Waals surface area contributed by atoms with Gasteiger partial charge in [0, 0.05) is 25.2 Å². The van der Waals surface area contributed by atoms with Crippen LogP contribution in [0.4, 0.5) is 0 Å². The van der Waals surface area contributed by atoms with Crippen LogP contribution in [0, 0.1) is 22.2 Å². The van der Waals surface area contributed by atoms with Crippen molar-refractivity contribution in [3.8, 4) is 0 Å². The van der Waals surface area contributed by atoms with E-state index in [9.17, 15) is 14.4 Å². The van der Waals surface area contributed by atoms with Gasteiger partial charge in [0.15, 0.2) is 5.78 Å². The Balaban J connectivity index is 2.02. The Morgan fingerprint density at radius 1 is 1.28 bits per heavy atom. The lowest BCUT2D eigenvalue weighted by atomic mass is 9.42. The predicted molar refractivity (Wildman–Crippen MR) is 94.9 cm³/mol. The number of ketones is 2. The van der Waals surface area contributed by atoms with Crippen molar-refractivity contribution in [3.63, 3.8) is 0 Å². The number of Topliss-reactive ketones (excluding diaryl/α,β-unsaturated/α-hetero) is 2. The fourth-order valence-electron chi connectivity index (χ4n) is 6.08. The number of rotatable bonds is 3. The molecule has 2 saturated carbocycles. The minimum Gasteiger partial charge on any atom is -0.465 e. The van der Waals surface area contributed by atoms with Crippen LogP contribution in [-0.4, -0.2) is 24.1 Å². The summed E-state index contributed by atoms with van der Waals surface area (Å²) in [6.45, 7) is 8.25. The molecule has 0 bridgehead atoms. The zero-order valence-electron chi connectivity index (χ0n) is 15.9. The molecule has 0 amide bonds. The van der Waals surface area contributed by atoms with Crippen LogP contribution < -0.4 is 0 Å². The Morgan fingerprint density at radius 2 is 2.00 bits per heavy atom. The summed E-state index contributed by atoms with van der Waals surface area (Å²) >= 11 is 0. The molecule has 1 spiro atoms. The number of hydrogen-bond acceptors (Lipinski definition) is 4. The second kappa shape index (κ2) is 6.07. The first-order valence-electron chi connectivity index (χ1n) is 9.60. The van der Waals surface area contributed by atoms with Crippen LogP contribution in [0.25, 0.3) is 0 Å². The predicted octanol–water partition coefficient (Wildman–Crippen LogP) is 4.02. The van der Waals surface area contributed by atoms with E-state index in [-0.39, 0.29) is 34.3 Å². The number of carbonyl (C=O) groups excluding carboxylic acids is 3. The molecule has 0 N–H and O–H groups in total. The van der Waals surface area contributed by atoms with Crippen molar-refractivity contribution in [3.05, 3.63) is 11.6 Å². The highest BCUT2D eigenvalue weighted by Gasteiger charge is 2.65. The van der Waals surface area contributed by atoms with E-state index in [1.807, 2.05) is 13.0 Å². The summed E-state index contributed by atoms with van der Waals surface area (Å²) in [5, 5.41) is 0. The van der Waals surface area contributed by atoms with Gasteiger partial charge in [-0.2, -0.15) is 0 Å². The summed E-state index contributed by atoms with van der Waals surface area (Å²) in [5.41, 5.74) is -0.182. The smallest absolute Gasteiger partial charge is 0.302 e. The average molecular weight is 346 g/mol. The molecule has 25 heavy (non-hydrogen) atoms. The van der Waals surface area contributed by atoms with Crippen LogP contribution in [0.1, 0.15) is 72.6 Å². The van der Waals surface area contributed by atoms with Crippen molar-refractivity contribution in [2.45, 2.75) is 72.6 Å². The van der Waals surface area contributed by atoms with Crippen molar-refractivity contribution < 1.29 is 19.1 Å². The molecule has 3 aliphatic carbocycles. The summed E-state index contributed by atoms with van der Waals surface area (Å²) in [4.78, 5) is 37.0. The molecule has 0 aliphatic heterocycles. The fraction of sp³-hybridized carbons (Fsp3) is 0.762. The number of allylic oxidation sites excluding steroid dienone is 2. The zero-order chi connectivity index (χ0) is 18.5. The van der Waals surface area contributed by atoms with E-state index < -0.39 is 5.41 Å². The van der Waals surface area contributed by atoms with Gasteiger partial charge in [0.1, 0.15) is 5.78 Å². The van der Waals surface area contributed by atoms with Crippen molar-refractivity contribution in [2.24, 2.45) is 22.2 Å². The van der Waals surface area contributed by atoms with Crippen molar-refractivity contribution >= 4 is 17.5 Å². The molecule has 4 nitrogen and oxygen atoms in total. The van der Waals surface area contributed by atoms with Gasteiger partial charge in [0.25, 0.3) is 0 Å². The monoisotopic (exact) mass is 346 g/mol. The normalized spacial score (nSPS) is 40.8. The highest BCUT2D eigenvalue weighted by atomic mass is 16.5. The lowest BCUT2D eigenvalue weighted by Gasteiger charge is -2.60. The Labute approximate surface area is 150 Å². The standard InChI is InChI=1S/C21H30O4/c1-5-15-11-21(12-16(15)23)18(24)8-7-17-19(3,13-25-14(2)22)9-6-10-20(17,21)4/h11,17H,5-10,12-13H2,1-4H3/t17-,19+,20-,21?/m0/s1. The van der Waals surface area contributed by atoms with Crippen molar-refractivity contribution in [1.29, 1.82) is 0 Å². The Morgan fingerprint density at radius 3 is 2.60 bits per heavy atom. The summed E-state index contributed by atoms with van der Waals surface area (Å²) in [7, 11) is 0. The summed E-state index contributed by atoms with van der Waals surface area (Å²) in [5.74, 6) is 0.412. The lowest BCUT2D eigenvalue weighted by molar-refractivity contribution is -0.169. The SMILES string of the molecule is CCC1=CC2(CC1=O)C(=O)CC[C@H]1[C@@](C)(COC(C)=O)CCC[C@@]12C. The van der Waals surface area contributed by atoms with Gasteiger partial charge >= 0.3 is 5.97 Å². The second-order valence-corrected chi connectivity index (χ2v) is 8.81. The van der Waals surface area contributed by atoms with Gasteiger partial charge in [-0.05, 0) is 42.6 Å². The third-order valence-electron chi connectivity index (χ3n) is 7.44. The molecule has 3 rings (SSSR count). The number of esters is 1. The van der Waals surface area contributed by atoms with E-state index in [1.54, 1.807) is 0 Å². The van der Waals surface area contributed by atoms with Gasteiger partial charge in [-0.1, -0.05) is 33.3 Å². The maximum Gasteiger partial charge on any atom is 0.302 e. The molecule has 0 aromatic rings. The molecule has 0 heterocycles. The number of carbonyl (C=O) groups is 3. The van der Waals surface area contributed by atoms with Crippen LogP contribution >= 0.6 is 0 Å². The average Bonchev–Trinajstić information content (AvgIpc) is 2.89. The Bertz CT molecular complexity index is 648. The molecule has 2 fully saturated rings. The number of hydrogen-bond donors (Lipinski definition) is 0. The minimum atomic E-state index is -0.643. The Kier molecular flexibility index (Phi) is 4.45. The summed E-state index contributed by atoms with van der Waals surface area (Å²) in [6.07, 6.45) is 7.38. The Hall–Kier alpha value is -1.45. The van der Waals surface area contributed by atoms with Crippen LogP contribution in [0.3, 0.4) is 0 Å². The largest absolute Gasteiger partial charge is 0.465 e. The van der Waals surface area contributed by atoms with E-state index in [2.05, 4.69) is 13.8 Å². The number of fused-ring (bicyclic) bond motifs is 2. The van der Waals surface area contributed by atoms with E-state index in [4.69, 9.17) is 4.74 Å². The first-order chi connectivity index (χ1) is 11.7. The molecule has 0 aromatic heterocycles. The van der Waals surface area contributed by atoms with Gasteiger partial charge in [-0.3, -0.25) is 14.4 Å². The van der Waals surface area contributed by atoms with Gasteiger partial charge in [-0.15, -0.1) is 0 Å². The second-order valence-electron chi connectivity index (χ2n) is 8.81. The number of ether oxygens (including phenoxy) is 1. The maximum absolute atomic E-state index is 13.1. The van der Waals surface area contributed by atoms with Gasteiger partial charge < -0.3 is 4.74 Å². The minimum absolute atomic E-state index is 0.127. The van der Waals surface area contributed by atoms with E-state index in [0.717, 1.165) is 31.3 Å². The molecule has 3 aliphatic rings. The molecule has 0 saturated heterocycles. The molecular weight excluding hydrogens is 316 g/mol. The molecule has 138 valence electrons. The van der Waals surface area contributed by atoms with E-state index in [1.165, 1.54) is 6.92 Å². The van der Waals surface area contributed by atoms with E-state index >= 15 is 0 Å². The third-order valence-corrected chi connectivity index (χ3v) is 7.44. The van der Waals surface area contributed by atoms with Crippen LogP contribution in [0.5, 0.6) is 0 Å². The quantitative estimate of drug-likeness (QED) is 0.724. The van der Waals surface area contributed by atoms with Gasteiger partial charge in [0.2, 0.25) is 0 Å². The fourth-order valence-corrected chi connectivity index (χ4v) is 6.08. The highest BCUT2D eigenvalue weighted by Crippen LogP contribution is 2.66. The molecule has 0 aromatic carbocycles. The van der Waals surface area contributed by atoms with Crippen LogP contribution in [0.15, 0.2) is 11.6 Å². The summed E-state index contributed by atoms with van der Waals surface area (Å²) < 4.78 is 5.41. The van der Waals surface area contributed by atoms with Crippen LogP contribution in [-0.2, 0) is 19.1 Å².